The van der Waals surface area contributed by atoms with Gasteiger partial charge in [0.2, 0.25) is 0 Å². The van der Waals surface area contributed by atoms with Gasteiger partial charge in [0, 0.05) is 29.7 Å². The van der Waals surface area contributed by atoms with Gasteiger partial charge >= 0.3 is 5.97 Å². The van der Waals surface area contributed by atoms with Gasteiger partial charge in [-0.1, -0.05) is 18.7 Å². The van der Waals surface area contributed by atoms with Crippen LogP contribution >= 0.6 is 11.9 Å². The zero-order valence-electron chi connectivity index (χ0n) is 12.6. The summed E-state index contributed by atoms with van der Waals surface area (Å²) in [5.74, 6) is 0.375. The number of nitrogens with zero attached hydrogens (tertiary/aromatic N) is 1. The summed E-state index contributed by atoms with van der Waals surface area (Å²) in [6.07, 6.45) is 8.08. The van der Waals surface area contributed by atoms with E-state index in [1.54, 1.807) is 17.6 Å². The highest BCUT2D eigenvalue weighted by Crippen LogP contribution is 2.35. The van der Waals surface area contributed by atoms with Crippen LogP contribution in [-0.2, 0) is 11.8 Å². The Hall–Kier alpha value is -1.46. The van der Waals surface area contributed by atoms with E-state index in [4.69, 9.17) is 4.74 Å². The van der Waals surface area contributed by atoms with Gasteiger partial charge in [0.05, 0.1) is 6.61 Å². The molecule has 1 aromatic heterocycles. The van der Waals surface area contributed by atoms with E-state index < -0.39 is 0 Å². The minimum atomic E-state index is -0.316. The zero-order valence-corrected chi connectivity index (χ0v) is 13.4. The molecular formula is C16H22N2O2S. The number of aryl methyl sites for hydroxylation is 1. The molecule has 5 heteroatoms. The van der Waals surface area contributed by atoms with E-state index in [0.717, 1.165) is 10.5 Å². The Kier molecular flexibility index (Phi) is 5.31. The van der Waals surface area contributed by atoms with Crippen LogP contribution in [0.4, 0.5) is 0 Å². The minimum Gasteiger partial charge on any atom is -0.461 e. The van der Waals surface area contributed by atoms with Crippen molar-refractivity contribution in [2.24, 2.45) is 13.0 Å². The highest BCUT2D eigenvalue weighted by molar-refractivity contribution is 7.97. The maximum atomic E-state index is 12.0. The van der Waals surface area contributed by atoms with Crippen molar-refractivity contribution in [2.45, 2.75) is 30.7 Å². The molecule has 1 unspecified atom stereocenters. The Morgan fingerprint density at radius 1 is 1.62 bits per heavy atom. The topological polar surface area (TPSA) is 43.3 Å². The predicted molar refractivity (Wildman–Crippen MR) is 87.2 cm³/mol. The maximum Gasteiger partial charge on any atom is 0.355 e. The summed E-state index contributed by atoms with van der Waals surface area (Å²) in [4.78, 5) is 13.0. The first kappa shape index (κ1) is 15.9. The molecule has 2 rings (SSSR count). The lowest BCUT2D eigenvalue weighted by Gasteiger charge is -2.12. The average molecular weight is 306 g/mol. The highest BCUT2D eigenvalue weighted by atomic mass is 32.2. The third kappa shape index (κ3) is 3.60. The van der Waals surface area contributed by atoms with Crippen molar-refractivity contribution >= 4 is 24.0 Å². The SMILES string of the molecule is C=Cc1c(SNC(C=C)C2CC2)cn(C)c1C(=O)OCC. The molecule has 114 valence electrons. The number of hydrogen-bond acceptors (Lipinski definition) is 4. The van der Waals surface area contributed by atoms with Crippen LogP contribution in [0.1, 0.15) is 35.8 Å². The van der Waals surface area contributed by atoms with Crippen LogP contribution < -0.4 is 4.72 Å². The Labute approximate surface area is 130 Å². The first-order chi connectivity index (χ1) is 10.1. The maximum absolute atomic E-state index is 12.0. The molecule has 0 aliphatic heterocycles. The van der Waals surface area contributed by atoms with Crippen molar-refractivity contribution in [3.05, 3.63) is 36.7 Å². The molecule has 21 heavy (non-hydrogen) atoms. The summed E-state index contributed by atoms with van der Waals surface area (Å²) >= 11 is 1.52. The number of rotatable bonds is 8. The molecule has 1 aromatic rings. The minimum absolute atomic E-state index is 0.305. The standard InChI is InChI=1S/C16H22N2O2S/c1-5-12-14(21-17-13(6-2)11-8-9-11)10-18(4)15(12)16(19)20-7-3/h5-6,10-11,13,17H,1-2,7-9H2,3-4H3. The molecule has 0 spiro atoms. The number of aromatic nitrogens is 1. The van der Waals surface area contributed by atoms with Gasteiger partial charge < -0.3 is 9.30 Å². The van der Waals surface area contributed by atoms with Crippen LogP contribution in [0.15, 0.2) is 30.3 Å². The Morgan fingerprint density at radius 3 is 2.86 bits per heavy atom. The van der Waals surface area contributed by atoms with Crippen LogP contribution in [-0.4, -0.2) is 23.2 Å². The van der Waals surface area contributed by atoms with Gasteiger partial charge in [-0.05, 0) is 37.6 Å². The van der Waals surface area contributed by atoms with Crippen LogP contribution in [0.25, 0.3) is 6.08 Å². The van der Waals surface area contributed by atoms with Crippen LogP contribution in [0.3, 0.4) is 0 Å². The molecule has 0 bridgehead atoms. The fraction of sp³-hybridized carbons (Fsp3) is 0.438. The van der Waals surface area contributed by atoms with Gasteiger partial charge in [-0.2, -0.15) is 0 Å². The van der Waals surface area contributed by atoms with Crippen molar-refractivity contribution < 1.29 is 9.53 Å². The van der Waals surface area contributed by atoms with Crippen molar-refractivity contribution in [2.75, 3.05) is 6.61 Å². The molecule has 1 fully saturated rings. The first-order valence-corrected chi connectivity index (χ1v) is 7.97. The summed E-state index contributed by atoms with van der Waals surface area (Å²) in [5, 5.41) is 0. The van der Waals surface area contributed by atoms with E-state index in [1.165, 1.54) is 24.8 Å². The summed E-state index contributed by atoms with van der Waals surface area (Å²) < 4.78 is 10.3. The predicted octanol–water partition coefficient (Wildman–Crippen LogP) is 3.41. The molecule has 1 aliphatic carbocycles. The molecule has 1 saturated carbocycles. The molecular weight excluding hydrogens is 284 g/mol. The Morgan fingerprint density at radius 2 is 2.33 bits per heavy atom. The molecule has 1 N–H and O–H groups in total. The number of carbonyl (C=O) groups excluding carboxylic acids is 1. The smallest absolute Gasteiger partial charge is 0.355 e. The van der Waals surface area contributed by atoms with E-state index in [0.29, 0.717) is 24.3 Å². The van der Waals surface area contributed by atoms with Gasteiger partial charge in [0.15, 0.2) is 0 Å². The zero-order chi connectivity index (χ0) is 15.4. The number of carbonyl (C=O) groups is 1. The lowest BCUT2D eigenvalue weighted by molar-refractivity contribution is 0.0515. The monoisotopic (exact) mass is 306 g/mol. The molecule has 1 aliphatic rings. The molecule has 1 atom stereocenters. The second kappa shape index (κ2) is 7.00. The summed E-state index contributed by atoms with van der Waals surface area (Å²) in [6, 6.07) is 0.305. The van der Waals surface area contributed by atoms with Gasteiger partial charge in [-0.25, -0.2) is 4.79 Å². The summed E-state index contributed by atoms with van der Waals surface area (Å²) in [5.41, 5.74) is 1.35. The van der Waals surface area contributed by atoms with Crippen LogP contribution in [0, 0.1) is 5.92 Å². The summed E-state index contributed by atoms with van der Waals surface area (Å²) in [6.45, 7) is 9.86. The summed E-state index contributed by atoms with van der Waals surface area (Å²) in [7, 11) is 1.84. The van der Waals surface area contributed by atoms with Crippen molar-refractivity contribution in [3.8, 4) is 0 Å². The van der Waals surface area contributed by atoms with E-state index in [2.05, 4.69) is 17.9 Å². The number of nitrogens with one attached hydrogen (secondary N) is 1. The number of ether oxygens (including phenoxy) is 1. The largest absolute Gasteiger partial charge is 0.461 e. The number of esters is 1. The van der Waals surface area contributed by atoms with Gasteiger partial charge in [-0.3, -0.25) is 4.72 Å². The Balaban J connectivity index is 2.15. The van der Waals surface area contributed by atoms with Crippen molar-refractivity contribution in [1.82, 2.24) is 9.29 Å². The third-order valence-electron chi connectivity index (χ3n) is 3.55. The second-order valence-corrected chi connectivity index (χ2v) is 5.99. The van der Waals surface area contributed by atoms with Gasteiger partial charge in [0.1, 0.15) is 5.69 Å². The second-order valence-electron chi connectivity index (χ2n) is 5.11. The van der Waals surface area contributed by atoms with Gasteiger partial charge in [-0.15, -0.1) is 6.58 Å². The normalized spacial score (nSPS) is 15.5. The molecule has 0 saturated heterocycles. The fourth-order valence-electron chi connectivity index (χ4n) is 2.27. The Bertz CT molecular complexity index is 547. The molecule has 0 amide bonds. The lowest BCUT2D eigenvalue weighted by atomic mass is 10.2. The van der Waals surface area contributed by atoms with E-state index in [1.807, 2.05) is 19.3 Å². The van der Waals surface area contributed by atoms with E-state index >= 15 is 0 Å². The van der Waals surface area contributed by atoms with E-state index in [-0.39, 0.29) is 5.97 Å². The van der Waals surface area contributed by atoms with Crippen LogP contribution in [0.2, 0.25) is 0 Å². The fourth-order valence-corrected chi connectivity index (χ4v) is 3.32. The quantitative estimate of drug-likeness (QED) is 0.454. The van der Waals surface area contributed by atoms with Gasteiger partial charge in [0.25, 0.3) is 0 Å². The highest BCUT2D eigenvalue weighted by Gasteiger charge is 2.29. The molecule has 1 heterocycles. The van der Waals surface area contributed by atoms with Crippen molar-refractivity contribution in [1.29, 1.82) is 0 Å². The first-order valence-electron chi connectivity index (χ1n) is 7.16. The third-order valence-corrected chi connectivity index (χ3v) is 4.48. The van der Waals surface area contributed by atoms with Crippen molar-refractivity contribution in [3.63, 3.8) is 0 Å². The molecule has 0 aromatic carbocycles. The van der Waals surface area contributed by atoms with Crippen LogP contribution in [0.5, 0.6) is 0 Å². The van der Waals surface area contributed by atoms with E-state index in [9.17, 15) is 4.79 Å². The molecule has 4 nitrogen and oxygen atoms in total. The number of hydrogen-bond donors (Lipinski definition) is 1. The average Bonchev–Trinajstić information content (AvgIpc) is 3.23. The lowest BCUT2D eigenvalue weighted by Crippen LogP contribution is -2.22. The molecule has 0 radical (unpaired) electrons.